The smallest absolute Gasteiger partial charge is 0.135 e. The molecule has 0 bridgehead atoms. The Balaban J connectivity index is 3.05. The number of hydrogen-bond acceptors (Lipinski definition) is 4. The van der Waals surface area contributed by atoms with Crippen molar-refractivity contribution in [2.75, 3.05) is 13.7 Å². The van der Waals surface area contributed by atoms with E-state index in [1.807, 2.05) is 0 Å². The molecule has 0 aromatic heterocycles. The van der Waals surface area contributed by atoms with Crippen LogP contribution in [0, 0.1) is 0 Å². The van der Waals surface area contributed by atoms with Gasteiger partial charge < -0.3 is 20.1 Å². The fraction of sp³-hybridized carbons (Fsp3) is 0.455. The standard InChI is InChI=1S/C11H14Br2O4/c1-17-9(2-3-14)11(16)7-4-6(12)5-8(13)10(7)15/h4-5,9,11,14-16H,2-3H2,1H3/t9-,11-/m0/s1. The predicted octanol–water partition coefficient (Wildman–Crippen LogP) is 2.35. The number of rotatable bonds is 5. The molecule has 0 saturated heterocycles. The summed E-state index contributed by atoms with van der Waals surface area (Å²) in [5, 5.41) is 28.8. The van der Waals surface area contributed by atoms with E-state index >= 15 is 0 Å². The van der Waals surface area contributed by atoms with Gasteiger partial charge in [-0.15, -0.1) is 0 Å². The zero-order valence-corrected chi connectivity index (χ0v) is 12.4. The van der Waals surface area contributed by atoms with E-state index < -0.39 is 12.2 Å². The Hall–Kier alpha value is -0.140. The van der Waals surface area contributed by atoms with Crippen molar-refractivity contribution in [2.45, 2.75) is 18.6 Å². The molecule has 17 heavy (non-hydrogen) atoms. The molecule has 0 saturated carbocycles. The van der Waals surface area contributed by atoms with Crippen molar-refractivity contribution in [3.8, 4) is 5.75 Å². The molecule has 0 aliphatic carbocycles. The van der Waals surface area contributed by atoms with Gasteiger partial charge in [0.1, 0.15) is 11.9 Å². The summed E-state index contributed by atoms with van der Waals surface area (Å²) in [5.74, 6) is -0.0271. The number of aliphatic hydroxyl groups excluding tert-OH is 2. The summed E-state index contributed by atoms with van der Waals surface area (Å²) in [5.41, 5.74) is 0.353. The van der Waals surface area contributed by atoms with Crippen LogP contribution >= 0.6 is 31.9 Å². The molecule has 1 aromatic rings. The van der Waals surface area contributed by atoms with Gasteiger partial charge >= 0.3 is 0 Å². The quantitative estimate of drug-likeness (QED) is 0.745. The van der Waals surface area contributed by atoms with Gasteiger partial charge in [-0.3, -0.25) is 0 Å². The maximum atomic E-state index is 10.1. The number of aromatic hydroxyl groups is 1. The Kier molecular flexibility index (Phi) is 5.88. The van der Waals surface area contributed by atoms with E-state index in [9.17, 15) is 10.2 Å². The molecule has 0 unspecified atom stereocenters. The van der Waals surface area contributed by atoms with E-state index in [-0.39, 0.29) is 12.4 Å². The van der Waals surface area contributed by atoms with E-state index in [4.69, 9.17) is 9.84 Å². The lowest BCUT2D eigenvalue weighted by atomic mass is 10.0. The second-order valence-electron chi connectivity index (χ2n) is 3.56. The van der Waals surface area contributed by atoms with Gasteiger partial charge in [-0.2, -0.15) is 0 Å². The fourth-order valence-electron chi connectivity index (χ4n) is 1.54. The molecule has 3 N–H and O–H groups in total. The number of aliphatic hydroxyl groups is 2. The van der Waals surface area contributed by atoms with Gasteiger partial charge in [0, 0.05) is 23.8 Å². The Bertz CT molecular complexity index is 384. The highest BCUT2D eigenvalue weighted by molar-refractivity contribution is 9.11. The van der Waals surface area contributed by atoms with Crippen molar-refractivity contribution in [1.29, 1.82) is 0 Å². The summed E-state index contributed by atoms with van der Waals surface area (Å²) in [6.45, 7) is -0.0918. The minimum Gasteiger partial charge on any atom is -0.506 e. The van der Waals surface area contributed by atoms with Crippen molar-refractivity contribution in [3.63, 3.8) is 0 Å². The van der Waals surface area contributed by atoms with E-state index in [0.717, 1.165) is 4.47 Å². The van der Waals surface area contributed by atoms with Gasteiger partial charge in [-0.05, 0) is 34.5 Å². The fourth-order valence-corrected chi connectivity index (χ4v) is 2.80. The molecule has 1 rings (SSSR count). The van der Waals surface area contributed by atoms with Gasteiger partial charge in [-0.1, -0.05) is 15.9 Å². The Morgan fingerprint density at radius 1 is 1.35 bits per heavy atom. The predicted molar refractivity (Wildman–Crippen MR) is 71.0 cm³/mol. The van der Waals surface area contributed by atoms with Crippen LogP contribution in [0.4, 0.5) is 0 Å². The molecule has 0 heterocycles. The van der Waals surface area contributed by atoms with Crippen LogP contribution in [0.1, 0.15) is 18.1 Å². The number of hydrogen-bond donors (Lipinski definition) is 3. The molecule has 1 aromatic carbocycles. The number of phenols is 1. The zero-order valence-electron chi connectivity index (χ0n) is 9.23. The minimum absolute atomic E-state index is 0.0271. The van der Waals surface area contributed by atoms with Gasteiger partial charge in [-0.25, -0.2) is 0 Å². The number of methoxy groups -OCH3 is 1. The second kappa shape index (κ2) is 6.70. The average molecular weight is 370 g/mol. The van der Waals surface area contributed by atoms with Crippen LogP contribution in [0.15, 0.2) is 21.1 Å². The highest BCUT2D eigenvalue weighted by Gasteiger charge is 2.24. The lowest BCUT2D eigenvalue weighted by Crippen LogP contribution is -2.22. The number of ether oxygens (including phenoxy) is 1. The lowest BCUT2D eigenvalue weighted by Gasteiger charge is -2.22. The first-order valence-corrected chi connectivity index (χ1v) is 6.59. The zero-order chi connectivity index (χ0) is 13.0. The summed E-state index contributed by atoms with van der Waals surface area (Å²) in [6.07, 6.45) is -1.27. The molecule has 2 atom stereocenters. The van der Waals surface area contributed by atoms with E-state index in [1.54, 1.807) is 12.1 Å². The van der Waals surface area contributed by atoms with Crippen LogP contribution in [0.25, 0.3) is 0 Å². The van der Waals surface area contributed by atoms with Gasteiger partial charge in [0.25, 0.3) is 0 Å². The SMILES string of the molecule is CO[C@@H](CCO)[C@@H](O)c1cc(Br)cc(Br)c1O. The molecule has 96 valence electrons. The van der Waals surface area contributed by atoms with E-state index in [1.165, 1.54) is 7.11 Å². The molecule has 0 fully saturated rings. The first kappa shape index (κ1) is 14.9. The van der Waals surface area contributed by atoms with Crippen molar-refractivity contribution >= 4 is 31.9 Å². The molecule has 0 amide bonds. The highest BCUT2D eigenvalue weighted by atomic mass is 79.9. The first-order chi connectivity index (χ1) is 8.01. The minimum atomic E-state index is -0.999. The Labute approximate surface area is 116 Å². The van der Waals surface area contributed by atoms with Crippen LogP contribution < -0.4 is 0 Å². The molecular formula is C11H14Br2O4. The largest absolute Gasteiger partial charge is 0.506 e. The summed E-state index contributed by atoms with van der Waals surface area (Å²) in [7, 11) is 1.45. The maximum absolute atomic E-state index is 10.1. The third-order valence-electron chi connectivity index (χ3n) is 2.44. The van der Waals surface area contributed by atoms with Gasteiger partial charge in [0.05, 0.1) is 10.6 Å². The average Bonchev–Trinajstić information content (AvgIpc) is 2.29. The van der Waals surface area contributed by atoms with Crippen molar-refractivity contribution in [2.24, 2.45) is 0 Å². The van der Waals surface area contributed by atoms with Crippen LogP contribution in [0.5, 0.6) is 5.75 Å². The van der Waals surface area contributed by atoms with E-state index in [0.29, 0.717) is 16.5 Å². The van der Waals surface area contributed by atoms with Crippen LogP contribution in [0.2, 0.25) is 0 Å². The molecule has 0 aliphatic heterocycles. The van der Waals surface area contributed by atoms with Crippen molar-refractivity contribution in [1.82, 2.24) is 0 Å². The van der Waals surface area contributed by atoms with Gasteiger partial charge in [0.2, 0.25) is 0 Å². The number of halogens is 2. The lowest BCUT2D eigenvalue weighted by molar-refractivity contribution is -0.0262. The van der Waals surface area contributed by atoms with Crippen LogP contribution in [-0.4, -0.2) is 35.1 Å². The molecule has 6 heteroatoms. The molecule has 0 aliphatic rings. The van der Waals surface area contributed by atoms with Crippen LogP contribution in [0.3, 0.4) is 0 Å². The third-order valence-corrected chi connectivity index (χ3v) is 3.51. The molecule has 0 radical (unpaired) electrons. The summed E-state index contributed by atoms with van der Waals surface area (Å²) >= 11 is 6.48. The Morgan fingerprint density at radius 2 is 2.00 bits per heavy atom. The first-order valence-electron chi connectivity index (χ1n) is 5.00. The summed E-state index contributed by atoms with van der Waals surface area (Å²) in [6, 6.07) is 3.30. The van der Waals surface area contributed by atoms with Crippen molar-refractivity contribution in [3.05, 3.63) is 26.6 Å². The van der Waals surface area contributed by atoms with Crippen molar-refractivity contribution < 1.29 is 20.1 Å². The summed E-state index contributed by atoms with van der Waals surface area (Å²) in [4.78, 5) is 0. The van der Waals surface area contributed by atoms with Gasteiger partial charge in [0.15, 0.2) is 0 Å². The number of benzene rings is 1. The van der Waals surface area contributed by atoms with Crippen LogP contribution in [-0.2, 0) is 4.74 Å². The monoisotopic (exact) mass is 368 g/mol. The Morgan fingerprint density at radius 3 is 2.53 bits per heavy atom. The normalized spacial score (nSPS) is 14.6. The molecule has 0 spiro atoms. The summed E-state index contributed by atoms with van der Waals surface area (Å²) < 4.78 is 6.31. The topological polar surface area (TPSA) is 69.9 Å². The van der Waals surface area contributed by atoms with E-state index in [2.05, 4.69) is 31.9 Å². The molecule has 4 nitrogen and oxygen atoms in total. The third kappa shape index (κ3) is 3.66. The maximum Gasteiger partial charge on any atom is 0.135 e. The number of phenolic OH excluding ortho intramolecular Hbond substituents is 1. The highest BCUT2D eigenvalue weighted by Crippen LogP contribution is 2.37. The second-order valence-corrected chi connectivity index (χ2v) is 5.33. The molecular weight excluding hydrogens is 356 g/mol.